The second-order valence-corrected chi connectivity index (χ2v) is 4.93. The molecule has 0 spiro atoms. The Balaban J connectivity index is 2.44. The number of nitrogens with two attached hydrogens (primary N) is 1. The molecule has 2 rings (SSSR count). The van der Waals surface area contributed by atoms with Gasteiger partial charge in [0.15, 0.2) is 0 Å². The monoisotopic (exact) mass is 293 g/mol. The molecule has 1 aliphatic rings. The van der Waals surface area contributed by atoms with Gasteiger partial charge in [-0.25, -0.2) is 4.98 Å². The van der Waals surface area contributed by atoms with Crippen LogP contribution in [0.25, 0.3) is 0 Å². The second-order valence-electron chi connectivity index (χ2n) is 4.93. The zero-order valence-corrected chi connectivity index (χ0v) is 11.9. The van der Waals surface area contributed by atoms with Crippen molar-refractivity contribution in [3.63, 3.8) is 0 Å². The molecule has 0 bridgehead atoms. The van der Waals surface area contributed by atoms with Gasteiger partial charge in [0.05, 0.1) is 4.92 Å². The number of primary amides is 1. The number of anilines is 2. The molecule has 1 fully saturated rings. The topological polar surface area (TPSA) is 114 Å². The van der Waals surface area contributed by atoms with Gasteiger partial charge in [0, 0.05) is 19.2 Å². The molecule has 1 unspecified atom stereocenters. The lowest BCUT2D eigenvalue weighted by atomic mass is 10.0. The number of rotatable bonds is 5. The molecule has 0 saturated carbocycles. The molecule has 8 heteroatoms. The lowest BCUT2D eigenvalue weighted by molar-refractivity contribution is -0.384. The van der Waals surface area contributed by atoms with Gasteiger partial charge in [0.1, 0.15) is 11.9 Å². The van der Waals surface area contributed by atoms with Crippen LogP contribution in [-0.4, -0.2) is 34.9 Å². The van der Waals surface area contributed by atoms with Crippen LogP contribution >= 0.6 is 0 Å². The average Bonchev–Trinajstić information content (AvgIpc) is 2.47. The number of nitrogens with zero attached hydrogens (tertiary/aromatic N) is 3. The summed E-state index contributed by atoms with van der Waals surface area (Å²) in [6, 6.07) is 2.43. The Morgan fingerprint density at radius 1 is 1.57 bits per heavy atom. The van der Waals surface area contributed by atoms with Gasteiger partial charge in [-0.15, -0.1) is 0 Å². The second kappa shape index (κ2) is 6.38. The molecular weight excluding hydrogens is 274 g/mol. The van der Waals surface area contributed by atoms with Gasteiger partial charge in [-0.1, -0.05) is 0 Å². The molecule has 0 aliphatic carbocycles. The normalized spacial score (nSPS) is 18.3. The number of nitro groups is 1. The molecule has 0 aromatic carbocycles. The molecule has 8 nitrogen and oxygen atoms in total. The number of hydrogen-bond acceptors (Lipinski definition) is 6. The highest BCUT2D eigenvalue weighted by molar-refractivity contribution is 5.84. The summed E-state index contributed by atoms with van der Waals surface area (Å²) in [7, 11) is 0. The maximum Gasteiger partial charge on any atom is 0.311 e. The van der Waals surface area contributed by atoms with Crippen molar-refractivity contribution >= 4 is 23.2 Å². The van der Waals surface area contributed by atoms with E-state index in [0.29, 0.717) is 25.3 Å². The SMILES string of the molecule is CCNc1ccc([N+](=O)[O-])c(N2CCCCC2C(N)=O)n1. The van der Waals surface area contributed by atoms with Gasteiger partial charge >= 0.3 is 5.69 Å². The van der Waals surface area contributed by atoms with Crippen molar-refractivity contribution in [3.05, 3.63) is 22.2 Å². The number of hydrogen-bond donors (Lipinski definition) is 2. The summed E-state index contributed by atoms with van der Waals surface area (Å²) in [6.45, 7) is 3.11. The van der Waals surface area contributed by atoms with Crippen LogP contribution in [0.2, 0.25) is 0 Å². The first-order chi connectivity index (χ1) is 10.0. The van der Waals surface area contributed by atoms with E-state index in [-0.39, 0.29) is 11.5 Å². The first kappa shape index (κ1) is 15.0. The Morgan fingerprint density at radius 2 is 2.33 bits per heavy atom. The molecule has 1 aromatic heterocycles. The van der Waals surface area contributed by atoms with E-state index in [1.807, 2.05) is 6.92 Å². The molecular formula is C13H19N5O3. The van der Waals surface area contributed by atoms with Gasteiger partial charge in [0.2, 0.25) is 11.7 Å². The Morgan fingerprint density at radius 3 is 2.95 bits per heavy atom. The largest absolute Gasteiger partial charge is 0.370 e. The van der Waals surface area contributed by atoms with Gasteiger partial charge in [0.25, 0.3) is 0 Å². The molecule has 1 aliphatic heterocycles. The highest BCUT2D eigenvalue weighted by Crippen LogP contribution is 2.32. The maximum absolute atomic E-state index is 11.6. The molecule has 1 aromatic rings. The number of amides is 1. The standard InChI is InChI=1S/C13H19N5O3/c1-2-15-11-7-6-10(18(20)21)13(16-11)17-8-4-3-5-9(17)12(14)19/h6-7,9H,2-5,8H2,1H3,(H2,14,19)(H,15,16). The molecule has 2 heterocycles. The Kier molecular flexibility index (Phi) is 4.56. The van der Waals surface area contributed by atoms with Crippen molar-refractivity contribution in [1.29, 1.82) is 0 Å². The molecule has 1 atom stereocenters. The zero-order chi connectivity index (χ0) is 15.4. The number of aromatic nitrogens is 1. The van der Waals surface area contributed by atoms with E-state index in [2.05, 4.69) is 10.3 Å². The van der Waals surface area contributed by atoms with Crippen LogP contribution < -0.4 is 16.0 Å². The fraction of sp³-hybridized carbons (Fsp3) is 0.538. The van der Waals surface area contributed by atoms with Crippen molar-refractivity contribution in [2.45, 2.75) is 32.2 Å². The summed E-state index contributed by atoms with van der Waals surface area (Å²) < 4.78 is 0. The van der Waals surface area contributed by atoms with Crippen molar-refractivity contribution in [3.8, 4) is 0 Å². The minimum absolute atomic E-state index is 0.107. The van der Waals surface area contributed by atoms with E-state index in [1.54, 1.807) is 11.0 Å². The predicted molar refractivity (Wildman–Crippen MR) is 79.2 cm³/mol. The summed E-state index contributed by atoms with van der Waals surface area (Å²) >= 11 is 0. The maximum atomic E-state index is 11.6. The van der Waals surface area contributed by atoms with Crippen LogP contribution in [0.4, 0.5) is 17.3 Å². The van der Waals surface area contributed by atoms with Crippen molar-refractivity contribution in [2.24, 2.45) is 5.73 Å². The van der Waals surface area contributed by atoms with Gasteiger partial charge in [-0.05, 0) is 32.3 Å². The van der Waals surface area contributed by atoms with E-state index in [9.17, 15) is 14.9 Å². The number of carbonyl (C=O) groups is 1. The Bertz CT molecular complexity index is 549. The molecule has 3 N–H and O–H groups in total. The van der Waals surface area contributed by atoms with Crippen LogP contribution in [-0.2, 0) is 4.79 Å². The van der Waals surface area contributed by atoms with E-state index in [4.69, 9.17) is 5.73 Å². The van der Waals surface area contributed by atoms with E-state index in [1.165, 1.54) is 6.07 Å². The number of piperidine rings is 1. The van der Waals surface area contributed by atoms with Crippen LogP contribution in [0, 0.1) is 10.1 Å². The third-order valence-corrected chi connectivity index (χ3v) is 3.51. The predicted octanol–water partition coefficient (Wildman–Crippen LogP) is 1.27. The fourth-order valence-electron chi connectivity index (χ4n) is 2.56. The highest BCUT2D eigenvalue weighted by Gasteiger charge is 2.32. The number of nitrogens with one attached hydrogen (secondary N) is 1. The van der Waals surface area contributed by atoms with Crippen LogP contribution in [0.3, 0.4) is 0 Å². The number of carbonyl (C=O) groups excluding carboxylic acids is 1. The summed E-state index contributed by atoms with van der Waals surface area (Å²) in [6.07, 6.45) is 2.33. The third kappa shape index (κ3) is 3.21. The van der Waals surface area contributed by atoms with E-state index >= 15 is 0 Å². The van der Waals surface area contributed by atoms with E-state index in [0.717, 1.165) is 12.8 Å². The lowest BCUT2D eigenvalue weighted by Crippen LogP contribution is -2.48. The first-order valence-electron chi connectivity index (χ1n) is 7.00. The molecule has 1 amide bonds. The van der Waals surface area contributed by atoms with Crippen molar-refractivity contribution in [2.75, 3.05) is 23.3 Å². The average molecular weight is 293 g/mol. The molecule has 114 valence electrons. The molecule has 1 saturated heterocycles. The number of pyridine rings is 1. The summed E-state index contributed by atoms with van der Waals surface area (Å²) in [5, 5.41) is 14.2. The lowest BCUT2D eigenvalue weighted by Gasteiger charge is -2.34. The summed E-state index contributed by atoms with van der Waals surface area (Å²) in [4.78, 5) is 28.3. The van der Waals surface area contributed by atoms with Crippen LogP contribution in [0.15, 0.2) is 12.1 Å². The quantitative estimate of drug-likeness (QED) is 0.624. The first-order valence-corrected chi connectivity index (χ1v) is 7.00. The Labute approximate surface area is 122 Å². The van der Waals surface area contributed by atoms with Crippen LogP contribution in [0.1, 0.15) is 26.2 Å². The van der Waals surface area contributed by atoms with Gasteiger partial charge in [-0.2, -0.15) is 0 Å². The minimum Gasteiger partial charge on any atom is -0.370 e. The third-order valence-electron chi connectivity index (χ3n) is 3.51. The van der Waals surface area contributed by atoms with Crippen LogP contribution in [0.5, 0.6) is 0 Å². The molecule has 21 heavy (non-hydrogen) atoms. The summed E-state index contributed by atoms with van der Waals surface area (Å²) in [5.74, 6) is 0.286. The zero-order valence-electron chi connectivity index (χ0n) is 11.9. The Hall–Kier alpha value is -2.38. The summed E-state index contributed by atoms with van der Waals surface area (Å²) in [5.41, 5.74) is 5.32. The minimum atomic E-state index is -0.540. The highest BCUT2D eigenvalue weighted by atomic mass is 16.6. The van der Waals surface area contributed by atoms with Crippen molar-refractivity contribution < 1.29 is 9.72 Å². The van der Waals surface area contributed by atoms with Gasteiger partial charge in [-0.3, -0.25) is 14.9 Å². The van der Waals surface area contributed by atoms with E-state index < -0.39 is 16.9 Å². The molecule has 0 radical (unpaired) electrons. The van der Waals surface area contributed by atoms with Gasteiger partial charge < -0.3 is 16.0 Å². The van der Waals surface area contributed by atoms with Crippen molar-refractivity contribution in [1.82, 2.24) is 4.98 Å². The fourth-order valence-corrected chi connectivity index (χ4v) is 2.56. The smallest absolute Gasteiger partial charge is 0.311 e.